The molecule has 168 valence electrons. The van der Waals surface area contributed by atoms with E-state index < -0.39 is 10.0 Å². The summed E-state index contributed by atoms with van der Waals surface area (Å²) in [6, 6.07) is 16.7. The van der Waals surface area contributed by atoms with E-state index in [0.29, 0.717) is 27.2 Å². The van der Waals surface area contributed by atoms with Crippen LogP contribution in [0.4, 0.5) is 11.4 Å². The quantitative estimate of drug-likeness (QED) is 0.408. The van der Waals surface area contributed by atoms with Crippen LogP contribution in [0.25, 0.3) is 0 Å². The Kier molecular flexibility index (Phi) is 7.26. The number of hydrogen-bond donors (Lipinski definition) is 2. The molecular weight excluding hydrogens is 492 g/mol. The van der Waals surface area contributed by atoms with Crippen LogP contribution in [0.2, 0.25) is 0 Å². The van der Waals surface area contributed by atoms with Gasteiger partial charge >= 0.3 is 0 Å². The van der Waals surface area contributed by atoms with E-state index in [4.69, 9.17) is 4.74 Å². The fraction of sp³-hybridized carbons (Fsp3) is 0.208. The Morgan fingerprint density at radius 2 is 1.59 bits per heavy atom. The molecule has 0 atom stereocenters. The second-order valence-electron chi connectivity index (χ2n) is 7.66. The highest BCUT2D eigenvalue weighted by molar-refractivity contribution is 9.10. The van der Waals surface area contributed by atoms with Crippen molar-refractivity contribution in [2.75, 3.05) is 10.0 Å². The number of nitrogens with one attached hydrogen (secondary N) is 2. The Labute approximate surface area is 197 Å². The van der Waals surface area contributed by atoms with Crippen molar-refractivity contribution in [1.82, 2.24) is 0 Å². The Morgan fingerprint density at radius 1 is 0.969 bits per heavy atom. The van der Waals surface area contributed by atoms with Crippen molar-refractivity contribution < 1.29 is 17.9 Å². The lowest BCUT2D eigenvalue weighted by molar-refractivity contribution is 0.102. The molecular formula is C24H25BrN2O4S. The van der Waals surface area contributed by atoms with Crippen molar-refractivity contribution in [1.29, 1.82) is 0 Å². The monoisotopic (exact) mass is 516 g/mol. The first-order valence-corrected chi connectivity index (χ1v) is 12.3. The van der Waals surface area contributed by atoms with E-state index in [2.05, 4.69) is 26.0 Å². The molecule has 0 radical (unpaired) electrons. The van der Waals surface area contributed by atoms with E-state index in [1.54, 1.807) is 30.3 Å². The average molecular weight is 517 g/mol. The van der Waals surface area contributed by atoms with Gasteiger partial charge in [0.15, 0.2) is 0 Å². The van der Waals surface area contributed by atoms with Crippen molar-refractivity contribution in [3.05, 3.63) is 81.8 Å². The summed E-state index contributed by atoms with van der Waals surface area (Å²) in [7, 11) is -3.76. The summed E-state index contributed by atoms with van der Waals surface area (Å²) in [5.41, 5.74) is 3.18. The Bertz CT molecular complexity index is 1220. The highest BCUT2D eigenvalue weighted by atomic mass is 79.9. The average Bonchev–Trinajstić information content (AvgIpc) is 2.72. The first-order chi connectivity index (χ1) is 15.1. The normalized spacial score (nSPS) is 11.3. The summed E-state index contributed by atoms with van der Waals surface area (Å²) in [4.78, 5) is 12.7. The van der Waals surface area contributed by atoms with Crippen LogP contribution in [-0.2, 0) is 10.0 Å². The number of rotatable bonds is 7. The van der Waals surface area contributed by atoms with Crippen LogP contribution in [0.15, 0.2) is 70.0 Å². The highest BCUT2D eigenvalue weighted by Crippen LogP contribution is 2.28. The molecule has 0 fully saturated rings. The molecule has 0 saturated carbocycles. The number of aryl methyl sites for hydroxylation is 2. The summed E-state index contributed by atoms with van der Waals surface area (Å²) in [6.07, 6.45) is 0.0185. The van der Waals surface area contributed by atoms with Gasteiger partial charge in [0.25, 0.3) is 15.9 Å². The van der Waals surface area contributed by atoms with Gasteiger partial charge in [-0.1, -0.05) is 18.2 Å². The fourth-order valence-corrected chi connectivity index (χ4v) is 4.76. The van der Waals surface area contributed by atoms with Gasteiger partial charge in [0.05, 0.1) is 21.2 Å². The van der Waals surface area contributed by atoms with Crippen LogP contribution in [0.1, 0.15) is 35.3 Å². The zero-order valence-corrected chi connectivity index (χ0v) is 20.7. The van der Waals surface area contributed by atoms with Crippen LogP contribution >= 0.6 is 15.9 Å². The molecule has 0 bridgehead atoms. The van der Waals surface area contributed by atoms with E-state index in [9.17, 15) is 13.2 Å². The first kappa shape index (κ1) is 23.8. The molecule has 3 rings (SSSR count). The molecule has 0 spiro atoms. The zero-order chi connectivity index (χ0) is 23.5. The number of halogens is 1. The molecule has 0 unspecified atom stereocenters. The number of carbonyl (C=O) groups excluding carboxylic acids is 1. The molecule has 2 N–H and O–H groups in total. The van der Waals surface area contributed by atoms with Crippen LogP contribution in [0, 0.1) is 13.8 Å². The van der Waals surface area contributed by atoms with Gasteiger partial charge in [0.2, 0.25) is 0 Å². The van der Waals surface area contributed by atoms with Crippen molar-refractivity contribution >= 4 is 43.2 Å². The summed E-state index contributed by atoms with van der Waals surface area (Å²) in [6.45, 7) is 7.55. The van der Waals surface area contributed by atoms with Crippen molar-refractivity contribution in [2.24, 2.45) is 0 Å². The van der Waals surface area contributed by atoms with E-state index >= 15 is 0 Å². The lowest BCUT2D eigenvalue weighted by Gasteiger charge is -2.14. The van der Waals surface area contributed by atoms with Crippen LogP contribution in [0.5, 0.6) is 5.75 Å². The molecule has 8 heteroatoms. The molecule has 0 aliphatic rings. The highest BCUT2D eigenvalue weighted by Gasteiger charge is 2.17. The van der Waals surface area contributed by atoms with Gasteiger partial charge in [-0.25, -0.2) is 8.42 Å². The van der Waals surface area contributed by atoms with Crippen molar-refractivity contribution in [3.63, 3.8) is 0 Å². The summed E-state index contributed by atoms with van der Waals surface area (Å²) in [5, 5.41) is 2.78. The van der Waals surface area contributed by atoms with Crippen molar-refractivity contribution in [2.45, 2.75) is 38.7 Å². The van der Waals surface area contributed by atoms with Gasteiger partial charge in [0, 0.05) is 11.3 Å². The first-order valence-electron chi connectivity index (χ1n) is 10.0. The predicted octanol–water partition coefficient (Wildman–Crippen LogP) is 5.91. The van der Waals surface area contributed by atoms with Gasteiger partial charge in [-0.2, -0.15) is 0 Å². The minimum Gasteiger partial charge on any atom is -0.490 e. The number of ether oxygens (including phenoxy) is 1. The number of anilines is 2. The third-order valence-corrected chi connectivity index (χ3v) is 6.68. The molecule has 3 aromatic rings. The molecule has 0 aliphatic carbocycles. The smallest absolute Gasteiger partial charge is 0.261 e. The molecule has 3 aromatic carbocycles. The molecule has 0 saturated heterocycles. The maximum atomic E-state index is 12.8. The van der Waals surface area contributed by atoms with Gasteiger partial charge in [-0.3, -0.25) is 9.52 Å². The van der Waals surface area contributed by atoms with Crippen LogP contribution in [0.3, 0.4) is 0 Å². The second kappa shape index (κ2) is 9.75. The van der Waals surface area contributed by atoms with Crippen molar-refractivity contribution in [3.8, 4) is 5.75 Å². The van der Waals surface area contributed by atoms with E-state index in [-0.39, 0.29) is 16.9 Å². The van der Waals surface area contributed by atoms with Gasteiger partial charge in [-0.05, 0) is 97.2 Å². The summed E-state index contributed by atoms with van der Waals surface area (Å²) >= 11 is 3.42. The minimum atomic E-state index is -3.76. The maximum absolute atomic E-state index is 12.8. The SMILES string of the molecule is Cc1cccc(C)c1NS(=O)(=O)c1ccc(NC(=O)c2ccc(OC(C)C)c(Br)c2)cc1. The van der Waals surface area contributed by atoms with Gasteiger partial charge < -0.3 is 10.1 Å². The predicted molar refractivity (Wildman–Crippen MR) is 131 cm³/mol. The fourth-order valence-electron chi connectivity index (χ4n) is 3.08. The van der Waals surface area contributed by atoms with Gasteiger partial charge in [-0.15, -0.1) is 0 Å². The molecule has 32 heavy (non-hydrogen) atoms. The van der Waals surface area contributed by atoms with Crippen LogP contribution < -0.4 is 14.8 Å². The third-order valence-electron chi connectivity index (χ3n) is 4.70. The summed E-state index contributed by atoms with van der Waals surface area (Å²) in [5.74, 6) is 0.341. The Hall–Kier alpha value is -2.84. The number of hydrogen-bond acceptors (Lipinski definition) is 4. The number of amides is 1. The molecule has 6 nitrogen and oxygen atoms in total. The molecule has 0 heterocycles. The summed E-state index contributed by atoms with van der Waals surface area (Å²) < 4.78 is 34.6. The Morgan fingerprint density at radius 3 is 2.16 bits per heavy atom. The third kappa shape index (κ3) is 5.69. The Balaban J connectivity index is 1.73. The molecule has 1 amide bonds. The number of sulfonamides is 1. The largest absolute Gasteiger partial charge is 0.490 e. The number of carbonyl (C=O) groups is 1. The van der Waals surface area contributed by atoms with E-state index in [1.807, 2.05) is 45.9 Å². The van der Waals surface area contributed by atoms with Crippen LogP contribution in [-0.4, -0.2) is 20.4 Å². The molecule has 0 aromatic heterocycles. The minimum absolute atomic E-state index is 0.0185. The number of para-hydroxylation sites is 1. The lowest BCUT2D eigenvalue weighted by atomic mass is 10.1. The number of benzene rings is 3. The van der Waals surface area contributed by atoms with E-state index in [1.165, 1.54) is 12.1 Å². The molecule has 0 aliphatic heterocycles. The second-order valence-corrected chi connectivity index (χ2v) is 10.2. The van der Waals surface area contributed by atoms with E-state index in [0.717, 1.165) is 11.1 Å². The topological polar surface area (TPSA) is 84.5 Å². The van der Waals surface area contributed by atoms with Gasteiger partial charge in [0.1, 0.15) is 5.75 Å². The zero-order valence-electron chi connectivity index (χ0n) is 18.3. The standard InChI is InChI=1S/C24H25BrN2O4S/c1-15(2)31-22-13-8-18(14-21(22)25)24(28)26-19-9-11-20(12-10-19)32(29,30)27-23-16(3)6-5-7-17(23)4/h5-15,27H,1-4H3,(H,26,28). The lowest BCUT2D eigenvalue weighted by Crippen LogP contribution is -2.15. The maximum Gasteiger partial charge on any atom is 0.261 e.